The number of aliphatic hydroxyl groups is 1. The molecule has 0 aliphatic heterocycles. The summed E-state index contributed by atoms with van der Waals surface area (Å²) in [6.45, 7) is 0.629. The van der Waals surface area contributed by atoms with Gasteiger partial charge in [-0.2, -0.15) is 0 Å². The van der Waals surface area contributed by atoms with E-state index in [0.29, 0.717) is 13.0 Å². The minimum absolute atomic E-state index is 0.197. The normalized spacial score (nSPS) is 32.1. The van der Waals surface area contributed by atoms with E-state index in [4.69, 9.17) is 5.11 Å². The second kappa shape index (κ2) is 6.02. The van der Waals surface area contributed by atoms with E-state index in [1.165, 1.54) is 6.42 Å². The number of nitrogens with one attached hydrogen (secondary N) is 1. The Kier molecular flexibility index (Phi) is 4.62. The van der Waals surface area contributed by atoms with Crippen LogP contribution < -0.4 is 5.32 Å². The van der Waals surface area contributed by atoms with Gasteiger partial charge in [0.2, 0.25) is 0 Å². The predicted molar refractivity (Wildman–Crippen MR) is 69.4 cm³/mol. The fourth-order valence-corrected chi connectivity index (χ4v) is 3.32. The predicted octanol–water partition coefficient (Wildman–Crippen LogP) is 1.91. The minimum atomic E-state index is -0.669. The molecule has 0 aromatic heterocycles. The molecule has 0 saturated heterocycles. The molecule has 0 radical (unpaired) electrons. The Balaban J connectivity index is 1.77. The molecule has 2 rings (SSSR count). The van der Waals surface area contributed by atoms with Crippen molar-refractivity contribution in [2.24, 2.45) is 5.92 Å². The maximum atomic E-state index is 11.0. The molecule has 4 heteroatoms. The van der Waals surface area contributed by atoms with Crippen molar-refractivity contribution in [1.29, 1.82) is 0 Å². The van der Waals surface area contributed by atoms with Crippen LogP contribution in [0.15, 0.2) is 0 Å². The quantitative estimate of drug-likeness (QED) is 0.718. The summed E-state index contributed by atoms with van der Waals surface area (Å²) in [5.41, 5.74) is -0.547. The van der Waals surface area contributed by atoms with Crippen LogP contribution in [0.2, 0.25) is 0 Å². The first-order valence-corrected chi connectivity index (χ1v) is 7.28. The lowest BCUT2D eigenvalue weighted by Gasteiger charge is -2.35. The Labute approximate surface area is 109 Å². The molecule has 0 spiro atoms. The highest BCUT2D eigenvalue weighted by Gasteiger charge is 2.32. The van der Waals surface area contributed by atoms with Crippen LogP contribution >= 0.6 is 0 Å². The van der Waals surface area contributed by atoms with Crippen molar-refractivity contribution >= 4 is 5.97 Å². The Bertz CT molecular complexity index is 287. The molecule has 2 fully saturated rings. The zero-order chi connectivity index (χ0) is 13.0. The SMILES string of the molecule is O=C(O)C1CCCC(NCC2(O)CCCCC2)C1. The lowest BCUT2D eigenvalue weighted by molar-refractivity contribution is -0.143. The maximum absolute atomic E-state index is 11.0. The van der Waals surface area contributed by atoms with Crippen molar-refractivity contribution in [3.8, 4) is 0 Å². The first kappa shape index (κ1) is 13.8. The Hall–Kier alpha value is -0.610. The third-order valence-corrected chi connectivity index (χ3v) is 4.53. The highest BCUT2D eigenvalue weighted by Crippen LogP contribution is 2.29. The van der Waals surface area contributed by atoms with E-state index in [-0.39, 0.29) is 12.0 Å². The number of carbonyl (C=O) groups is 1. The van der Waals surface area contributed by atoms with Crippen molar-refractivity contribution in [2.75, 3.05) is 6.54 Å². The lowest BCUT2D eigenvalue weighted by atomic mass is 9.83. The van der Waals surface area contributed by atoms with Gasteiger partial charge >= 0.3 is 5.97 Å². The van der Waals surface area contributed by atoms with Crippen molar-refractivity contribution in [3.63, 3.8) is 0 Å². The Morgan fingerprint density at radius 2 is 1.89 bits per heavy atom. The number of hydrogen-bond donors (Lipinski definition) is 3. The van der Waals surface area contributed by atoms with Crippen LogP contribution in [0.25, 0.3) is 0 Å². The standard InChI is InChI=1S/C14H25NO3/c16-13(17)11-5-4-6-12(9-11)15-10-14(18)7-2-1-3-8-14/h11-12,15,18H,1-10H2,(H,16,17). The molecular weight excluding hydrogens is 230 g/mol. The van der Waals surface area contributed by atoms with Gasteiger partial charge in [0, 0.05) is 12.6 Å². The Morgan fingerprint density at radius 3 is 2.56 bits per heavy atom. The summed E-state index contributed by atoms with van der Waals surface area (Å²) in [5, 5.41) is 22.8. The molecule has 0 heterocycles. The molecular formula is C14H25NO3. The summed E-state index contributed by atoms with van der Waals surface area (Å²) in [4.78, 5) is 11.0. The second-order valence-electron chi connectivity index (χ2n) is 6.06. The highest BCUT2D eigenvalue weighted by atomic mass is 16.4. The molecule has 2 aliphatic rings. The number of carboxylic acids is 1. The van der Waals surface area contributed by atoms with E-state index >= 15 is 0 Å². The van der Waals surface area contributed by atoms with E-state index in [1.807, 2.05) is 0 Å². The third kappa shape index (κ3) is 3.69. The summed E-state index contributed by atoms with van der Waals surface area (Å²) in [5.74, 6) is -0.866. The lowest BCUT2D eigenvalue weighted by Crippen LogP contribution is -2.47. The molecule has 104 valence electrons. The van der Waals surface area contributed by atoms with Gasteiger partial charge in [-0.3, -0.25) is 4.79 Å². The fourth-order valence-electron chi connectivity index (χ4n) is 3.32. The Morgan fingerprint density at radius 1 is 1.17 bits per heavy atom. The maximum Gasteiger partial charge on any atom is 0.306 e. The van der Waals surface area contributed by atoms with Gasteiger partial charge in [-0.1, -0.05) is 25.7 Å². The van der Waals surface area contributed by atoms with Crippen LogP contribution in [0, 0.1) is 5.92 Å². The van der Waals surface area contributed by atoms with Crippen LogP contribution in [-0.4, -0.2) is 34.4 Å². The summed E-state index contributed by atoms with van der Waals surface area (Å²) >= 11 is 0. The number of carboxylic acid groups (broad SMARTS) is 1. The highest BCUT2D eigenvalue weighted by molar-refractivity contribution is 5.70. The van der Waals surface area contributed by atoms with Crippen LogP contribution in [-0.2, 0) is 4.79 Å². The first-order chi connectivity index (χ1) is 8.59. The molecule has 0 aromatic rings. The van der Waals surface area contributed by atoms with E-state index in [2.05, 4.69) is 5.32 Å². The van der Waals surface area contributed by atoms with Gasteiger partial charge in [0.25, 0.3) is 0 Å². The van der Waals surface area contributed by atoms with Crippen LogP contribution in [0.5, 0.6) is 0 Å². The van der Waals surface area contributed by atoms with Crippen molar-refractivity contribution < 1.29 is 15.0 Å². The van der Waals surface area contributed by atoms with Gasteiger partial charge in [0.15, 0.2) is 0 Å². The van der Waals surface area contributed by atoms with Gasteiger partial charge in [-0.05, 0) is 32.1 Å². The van der Waals surface area contributed by atoms with Gasteiger partial charge in [0.05, 0.1) is 11.5 Å². The topological polar surface area (TPSA) is 69.6 Å². The summed E-state index contributed by atoms with van der Waals surface area (Å²) in [7, 11) is 0. The van der Waals surface area contributed by atoms with Crippen molar-refractivity contribution in [3.05, 3.63) is 0 Å². The molecule has 0 amide bonds. The van der Waals surface area contributed by atoms with Crippen molar-refractivity contribution in [1.82, 2.24) is 5.32 Å². The van der Waals surface area contributed by atoms with Crippen LogP contribution in [0.4, 0.5) is 0 Å². The molecule has 2 unspecified atom stereocenters. The van der Waals surface area contributed by atoms with Gasteiger partial charge in [0.1, 0.15) is 0 Å². The molecule has 2 atom stereocenters. The second-order valence-corrected chi connectivity index (χ2v) is 6.06. The monoisotopic (exact) mass is 255 g/mol. The number of aliphatic carboxylic acids is 1. The zero-order valence-electron chi connectivity index (χ0n) is 11.0. The number of rotatable bonds is 4. The first-order valence-electron chi connectivity index (χ1n) is 7.28. The fraction of sp³-hybridized carbons (Fsp3) is 0.929. The van der Waals surface area contributed by atoms with Gasteiger partial charge < -0.3 is 15.5 Å². The molecule has 3 N–H and O–H groups in total. The van der Waals surface area contributed by atoms with Crippen LogP contribution in [0.1, 0.15) is 57.8 Å². The molecule has 0 bridgehead atoms. The largest absolute Gasteiger partial charge is 0.481 e. The van der Waals surface area contributed by atoms with E-state index in [0.717, 1.165) is 44.9 Å². The summed E-state index contributed by atoms with van der Waals surface area (Å²) in [6, 6.07) is 0.269. The molecule has 0 aromatic carbocycles. The third-order valence-electron chi connectivity index (χ3n) is 4.53. The average Bonchev–Trinajstić information content (AvgIpc) is 2.38. The van der Waals surface area contributed by atoms with Crippen LogP contribution in [0.3, 0.4) is 0 Å². The minimum Gasteiger partial charge on any atom is -0.481 e. The van der Waals surface area contributed by atoms with E-state index in [1.54, 1.807) is 0 Å². The average molecular weight is 255 g/mol. The summed E-state index contributed by atoms with van der Waals surface area (Å²) in [6.07, 6.45) is 8.76. The number of hydrogen-bond acceptors (Lipinski definition) is 3. The van der Waals surface area contributed by atoms with Gasteiger partial charge in [-0.15, -0.1) is 0 Å². The molecule has 2 saturated carbocycles. The molecule has 4 nitrogen and oxygen atoms in total. The zero-order valence-corrected chi connectivity index (χ0v) is 11.0. The van der Waals surface area contributed by atoms with Crippen molar-refractivity contribution in [2.45, 2.75) is 69.4 Å². The smallest absolute Gasteiger partial charge is 0.306 e. The summed E-state index contributed by atoms with van der Waals surface area (Å²) < 4.78 is 0. The molecule has 2 aliphatic carbocycles. The molecule has 18 heavy (non-hydrogen) atoms. The van der Waals surface area contributed by atoms with E-state index < -0.39 is 11.6 Å². The van der Waals surface area contributed by atoms with Gasteiger partial charge in [-0.25, -0.2) is 0 Å². The van der Waals surface area contributed by atoms with E-state index in [9.17, 15) is 9.90 Å².